The van der Waals surface area contributed by atoms with Crippen LogP contribution in [0.15, 0.2) is 0 Å². The van der Waals surface area contributed by atoms with Crippen LogP contribution in [0.1, 0.15) is 39.0 Å². The molecule has 2 fully saturated rings. The highest BCUT2D eigenvalue weighted by Gasteiger charge is 2.21. The van der Waals surface area contributed by atoms with E-state index in [1.54, 1.807) is 0 Å². The van der Waals surface area contributed by atoms with E-state index in [4.69, 9.17) is 4.74 Å². The zero-order valence-corrected chi connectivity index (χ0v) is 10.8. The number of rotatable bonds is 3. The Morgan fingerprint density at radius 3 is 3.12 bits per heavy atom. The molecule has 1 amide bonds. The Balaban J connectivity index is 1.73. The molecule has 0 aromatic carbocycles. The summed E-state index contributed by atoms with van der Waals surface area (Å²) in [6.07, 6.45) is 5.32. The molecule has 0 spiro atoms. The number of nitrogens with zero attached hydrogens (tertiary/aromatic N) is 1. The minimum absolute atomic E-state index is 0.186. The molecule has 0 saturated carbocycles. The Morgan fingerprint density at radius 1 is 1.47 bits per heavy atom. The van der Waals surface area contributed by atoms with Crippen molar-refractivity contribution in [1.82, 2.24) is 10.2 Å². The maximum atomic E-state index is 12.1. The average molecular weight is 240 g/mol. The first-order chi connectivity index (χ1) is 8.25. The van der Waals surface area contributed by atoms with Crippen LogP contribution < -0.4 is 5.32 Å². The number of nitrogens with one attached hydrogen (secondary N) is 1. The molecule has 2 saturated heterocycles. The van der Waals surface area contributed by atoms with Gasteiger partial charge in [-0.05, 0) is 39.2 Å². The highest BCUT2D eigenvalue weighted by atomic mass is 16.5. The van der Waals surface area contributed by atoms with E-state index in [0.717, 1.165) is 39.1 Å². The topological polar surface area (TPSA) is 41.6 Å². The van der Waals surface area contributed by atoms with Crippen LogP contribution in [0.4, 0.5) is 0 Å². The van der Waals surface area contributed by atoms with Gasteiger partial charge in [0.2, 0.25) is 5.91 Å². The minimum Gasteiger partial charge on any atom is -0.377 e. The normalized spacial score (nSPS) is 30.3. The van der Waals surface area contributed by atoms with Crippen molar-refractivity contribution >= 4 is 5.91 Å². The van der Waals surface area contributed by atoms with E-state index in [1.807, 2.05) is 11.8 Å². The first kappa shape index (κ1) is 12.8. The van der Waals surface area contributed by atoms with Gasteiger partial charge in [0.05, 0.1) is 6.10 Å². The second kappa shape index (κ2) is 6.36. The van der Waals surface area contributed by atoms with Gasteiger partial charge < -0.3 is 15.0 Å². The van der Waals surface area contributed by atoms with E-state index >= 15 is 0 Å². The van der Waals surface area contributed by atoms with Gasteiger partial charge in [0.1, 0.15) is 0 Å². The molecule has 17 heavy (non-hydrogen) atoms. The Bertz CT molecular complexity index is 252. The summed E-state index contributed by atoms with van der Waals surface area (Å²) in [5, 5.41) is 3.44. The second-order valence-electron chi connectivity index (χ2n) is 5.21. The molecule has 4 heteroatoms. The van der Waals surface area contributed by atoms with Gasteiger partial charge in [-0.3, -0.25) is 4.79 Å². The zero-order chi connectivity index (χ0) is 12.1. The van der Waals surface area contributed by atoms with Crippen molar-refractivity contribution in [3.8, 4) is 0 Å². The highest BCUT2D eigenvalue weighted by molar-refractivity contribution is 5.76. The van der Waals surface area contributed by atoms with Gasteiger partial charge in [-0.15, -0.1) is 0 Å². The van der Waals surface area contributed by atoms with Crippen molar-refractivity contribution < 1.29 is 9.53 Å². The molecule has 0 aromatic heterocycles. The molecule has 1 N–H and O–H groups in total. The van der Waals surface area contributed by atoms with E-state index in [-0.39, 0.29) is 6.10 Å². The molecule has 2 atom stereocenters. The van der Waals surface area contributed by atoms with Gasteiger partial charge >= 0.3 is 0 Å². The standard InChI is InChI=1S/C13H24N2O2/c1-11-10-15(8-3-9-17-11)13(16)6-5-12-4-2-7-14-12/h11-12,14H,2-10H2,1H3. The number of carbonyl (C=O) groups is 1. The fourth-order valence-corrected chi connectivity index (χ4v) is 2.68. The zero-order valence-electron chi connectivity index (χ0n) is 10.8. The van der Waals surface area contributed by atoms with E-state index in [0.29, 0.717) is 18.4 Å². The number of hydrogen-bond donors (Lipinski definition) is 1. The predicted molar refractivity (Wildman–Crippen MR) is 66.9 cm³/mol. The smallest absolute Gasteiger partial charge is 0.222 e. The molecule has 2 aliphatic rings. The van der Waals surface area contributed by atoms with E-state index < -0.39 is 0 Å². The van der Waals surface area contributed by atoms with Gasteiger partial charge in [-0.25, -0.2) is 0 Å². The Kier molecular flexibility index (Phi) is 4.80. The quantitative estimate of drug-likeness (QED) is 0.805. The maximum Gasteiger partial charge on any atom is 0.222 e. The molecular formula is C13H24N2O2. The van der Waals surface area contributed by atoms with Crippen LogP contribution >= 0.6 is 0 Å². The molecular weight excluding hydrogens is 216 g/mol. The van der Waals surface area contributed by atoms with Gasteiger partial charge in [-0.1, -0.05) is 0 Å². The number of amides is 1. The van der Waals surface area contributed by atoms with Gasteiger partial charge in [0.25, 0.3) is 0 Å². The highest BCUT2D eigenvalue weighted by Crippen LogP contribution is 2.13. The van der Waals surface area contributed by atoms with Gasteiger partial charge in [0, 0.05) is 32.2 Å². The van der Waals surface area contributed by atoms with Crippen LogP contribution in [0.25, 0.3) is 0 Å². The molecule has 2 unspecified atom stereocenters. The molecule has 0 aliphatic carbocycles. The van der Waals surface area contributed by atoms with Gasteiger partial charge in [-0.2, -0.15) is 0 Å². The largest absolute Gasteiger partial charge is 0.377 e. The Hall–Kier alpha value is -0.610. The first-order valence-corrected chi connectivity index (χ1v) is 6.88. The molecule has 0 bridgehead atoms. The lowest BCUT2D eigenvalue weighted by Crippen LogP contribution is -2.36. The van der Waals surface area contributed by atoms with Gasteiger partial charge in [0.15, 0.2) is 0 Å². The van der Waals surface area contributed by atoms with E-state index in [1.165, 1.54) is 12.8 Å². The fourth-order valence-electron chi connectivity index (χ4n) is 2.68. The molecule has 2 heterocycles. The lowest BCUT2D eigenvalue weighted by atomic mass is 10.1. The molecule has 2 aliphatic heterocycles. The maximum absolute atomic E-state index is 12.1. The minimum atomic E-state index is 0.186. The second-order valence-corrected chi connectivity index (χ2v) is 5.21. The Labute approximate surface area is 104 Å². The summed E-state index contributed by atoms with van der Waals surface area (Å²) in [6, 6.07) is 0.569. The van der Waals surface area contributed by atoms with Crippen LogP contribution in [-0.2, 0) is 9.53 Å². The van der Waals surface area contributed by atoms with Crippen molar-refractivity contribution in [3.63, 3.8) is 0 Å². The molecule has 0 radical (unpaired) electrons. The van der Waals surface area contributed by atoms with Crippen molar-refractivity contribution in [2.24, 2.45) is 0 Å². The van der Waals surface area contributed by atoms with Crippen molar-refractivity contribution in [1.29, 1.82) is 0 Å². The third kappa shape index (κ3) is 3.96. The summed E-state index contributed by atoms with van der Waals surface area (Å²) >= 11 is 0. The summed E-state index contributed by atoms with van der Waals surface area (Å²) in [7, 11) is 0. The fraction of sp³-hybridized carbons (Fsp3) is 0.923. The monoisotopic (exact) mass is 240 g/mol. The summed E-state index contributed by atoms with van der Waals surface area (Å²) in [6.45, 7) is 5.57. The van der Waals surface area contributed by atoms with Crippen LogP contribution in [0.2, 0.25) is 0 Å². The van der Waals surface area contributed by atoms with Crippen LogP contribution in [-0.4, -0.2) is 49.2 Å². The number of hydrogen-bond acceptors (Lipinski definition) is 3. The summed E-state index contributed by atoms with van der Waals surface area (Å²) in [5.74, 6) is 0.302. The van der Waals surface area contributed by atoms with Crippen molar-refractivity contribution in [3.05, 3.63) is 0 Å². The molecule has 98 valence electrons. The average Bonchev–Trinajstić information content (AvgIpc) is 2.74. The third-order valence-electron chi connectivity index (χ3n) is 3.67. The molecule has 0 aromatic rings. The van der Waals surface area contributed by atoms with Crippen molar-refractivity contribution in [2.75, 3.05) is 26.2 Å². The summed E-state index contributed by atoms with van der Waals surface area (Å²) in [5.41, 5.74) is 0. The molecule has 4 nitrogen and oxygen atoms in total. The first-order valence-electron chi connectivity index (χ1n) is 6.88. The number of carbonyl (C=O) groups excluding carboxylic acids is 1. The third-order valence-corrected chi connectivity index (χ3v) is 3.67. The van der Waals surface area contributed by atoms with Crippen LogP contribution in [0.3, 0.4) is 0 Å². The van der Waals surface area contributed by atoms with Crippen LogP contribution in [0, 0.1) is 0 Å². The predicted octanol–water partition coefficient (Wildman–Crippen LogP) is 1.16. The number of ether oxygens (including phenoxy) is 1. The summed E-state index contributed by atoms with van der Waals surface area (Å²) < 4.78 is 5.55. The van der Waals surface area contributed by atoms with Crippen LogP contribution in [0.5, 0.6) is 0 Å². The SMILES string of the molecule is CC1CN(C(=O)CCC2CCCN2)CCCO1. The Morgan fingerprint density at radius 2 is 2.35 bits per heavy atom. The lowest BCUT2D eigenvalue weighted by molar-refractivity contribution is -0.132. The van der Waals surface area contributed by atoms with E-state index in [9.17, 15) is 4.79 Å². The van der Waals surface area contributed by atoms with E-state index in [2.05, 4.69) is 5.32 Å². The van der Waals surface area contributed by atoms with Crippen molar-refractivity contribution in [2.45, 2.75) is 51.2 Å². The molecule has 2 rings (SSSR count). The summed E-state index contributed by atoms with van der Waals surface area (Å²) in [4.78, 5) is 14.1. The lowest BCUT2D eigenvalue weighted by Gasteiger charge is -2.22.